The Labute approximate surface area is 479 Å². The summed E-state index contributed by atoms with van der Waals surface area (Å²) in [6, 6.07) is 0. The molecule has 6 nitrogen and oxygen atoms in total. The molecular weight excluding hydrogens is 961 g/mol. The summed E-state index contributed by atoms with van der Waals surface area (Å²) < 4.78 is 16.8. The monoisotopic (exact) mass is 1070 g/mol. The zero-order valence-electron chi connectivity index (χ0n) is 49.9. The number of carbonyl (C=O) groups is 3. The van der Waals surface area contributed by atoms with Crippen molar-refractivity contribution < 1.29 is 28.6 Å². The molecule has 0 aliphatic carbocycles. The Bertz CT molecular complexity index is 1810. The third-order valence-corrected chi connectivity index (χ3v) is 12.5. The average molecular weight is 1070 g/mol. The standard InChI is InChI=1S/C72H112O6/c1-4-7-10-13-16-19-22-25-27-29-31-32-33-34-35-36-37-38-39-40-42-43-45-47-50-53-56-59-62-65-71(74)77-68-69(67-76-70(73)64-61-58-55-52-49-24-21-18-15-12-9-6-3)78-72(75)66-63-60-57-54-51-48-46-44-41-30-28-26-23-20-17-14-11-8-5-2/h7-8,10-11,16-17,19-20,25-28,31-32,34-35,37-38,40-42,44-45,47-48,51,57,60,69H,4-6,9,12-15,18,21-24,29-30,33,36,39,43,46,49-50,52-56,58-59,61-68H2,1-3H3/b10-7-,11-8-,19-16-,20-17-,27-25-,28-26-,32-31-,35-34-,38-37-,42-40-,44-41-,47-45-,51-48-,60-57-. The molecule has 0 bridgehead atoms. The minimum absolute atomic E-state index is 0.122. The van der Waals surface area contributed by atoms with Gasteiger partial charge in [0.1, 0.15) is 13.2 Å². The molecule has 1 unspecified atom stereocenters. The third kappa shape index (κ3) is 61.6. The molecule has 0 saturated carbocycles. The average Bonchev–Trinajstić information content (AvgIpc) is 3.44. The van der Waals surface area contributed by atoms with E-state index < -0.39 is 12.1 Å². The number of hydrogen-bond acceptors (Lipinski definition) is 6. The van der Waals surface area contributed by atoms with E-state index in [0.29, 0.717) is 19.3 Å². The van der Waals surface area contributed by atoms with Gasteiger partial charge in [-0.05, 0) is 122 Å². The Morgan fingerprint density at radius 3 is 0.833 bits per heavy atom. The fraction of sp³-hybridized carbons (Fsp3) is 0.569. The van der Waals surface area contributed by atoms with Crippen molar-refractivity contribution in [3.63, 3.8) is 0 Å². The van der Waals surface area contributed by atoms with Crippen molar-refractivity contribution in [3.05, 3.63) is 170 Å². The Morgan fingerprint density at radius 1 is 0.269 bits per heavy atom. The van der Waals surface area contributed by atoms with Crippen LogP contribution in [0.3, 0.4) is 0 Å². The summed E-state index contributed by atoms with van der Waals surface area (Å²) in [5.74, 6) is -1.04. The molecule has 0 amide bonds. The fourth-order valence-electron chi connectivity index (χ4n) is 7.89. The lowest BCUT2D eigenvalue weighted by molar-refractivity contribution is -0.166. The van der Waals surface area contributed by atoms with Gasteiger partial charge in [-0.2, -0.15) is 0 Å². The van der Waals surface area contributed by atoms with Gasteiger partial charge in [0, 0.05) is 19.3 Å². The van der Waals surface area contributed by atoms with Crippen LogP contribution in [-0.4, -0.2) is 37.2 Å². The van der Waals surface area contributed by atoms with Crippen LogP contribution in [0.15, 0.2) is 170 Å². The Hall–Kier alpha value is -5.23. The number of carbonyl (C=O) groups excluding carboxylic acids is 3. The minimum atomic E-state index is -0.837. The molecule has 0 aromatic rings. The van der Waals surface area contributed by atoms with Gasteiger partial charge in [0.25, 0.3) is 0 Å². The predicted molar refractivity (Wildman–Crippen MR) is 338 cm³/mol. The van der Waals surface area contributed by atoms with Gasteiger partial charge in [-0.3, -0.25) is 14.4 Å². The van der Waals surface area contributed by atoms with E-state index in [0.717, 1.165) is 141 Å². The molecule has 6 heteroatoms. The Morgan fingerprint density at radius 2 is 0.526 bits per heavy atom. The van der Waals surface area contributed by atoms with Gasteiger partial charge in [0.15, 0.2) is 6.10 Å². The topological polar surface area (TPSA) is 78.9 Å². The van der Waals surface area contributed by atoms with Crippen LogP contribution in [0.5, 0.6) is 0 Å². The molecular formula is C72H112O6. The molecule has 0 heterocycles. The van der Waals surface area contributed by atoms with Crippen molar-refractivity contribution in [2.75, 3.05) is 13.2 Å². The first kappa shape index (κ1) is 72.8. The lowest BCUT2D eigenvalue weighted by Crippen LogP contribution is -2.30. The van der Waals surface area contributed by atoms with E-state index in [2.05, 4.69) is 179 Å². The molecule has 0 aliphatic heterocycles. The number of unbranched alkanes of at least 4 members (excludes halogenated alkanes) is 15. The van der Waals surface area contributed by atoms with Gasteiger partial charge in [-0.1, -0.05) is 274 Å². The number of hydrogen-bond donors (Lipinski definition) is 0. The number of ether oxygens (including phenoxy) is 3. The molecule has 0 aromatic carbocycles. The molecule has 0 aromatic heterocycles. The van der Waals surface area contributed by atoms with E-state index in [9.17, 15) is 14.4 Å². The summed E-state index contributed by atoms with van der Waals surface area (Å²) >= 11 is 0. The summed E-state index contributed by atoms with van der Waals surface area (Å²) in [6.45, 7) is 6.31. The second-order valence-corrected chi connectivity index (χ2v) is 19.9. The molecule has 436 valence electrons. The van der Waals surface area contributed by atoms with E-state index >= 15 is 0 Å². The molecule has 1 atom stereocenters. The third-order valence-electron chi connectivity index (χ3n) is 12.5. The van der Waals surface area contributed by atoms with Crippen molar-refractivity contribution in [1.82, 2.24) is 0 Å². The summed E-state index contributed by atoms with van der Waals surface area (Å²) in [5, 5.41) is 0. The van der Waals surface area contributed by atoms with E-state index in [1.807, 2.05) is 12.2 Å². The minimum Gasteiger partial charge on any atom is -0.462 e. The van der Waals surface area contributed by atoms with Gasteiger partial charge in [-0.25, -0.2) is 0 Å². The molecule has 0 radical (unpaired) electrons. The van der Waals surface area contributed by atoms with Crippen LogP contribution in [0.1, 0.15) is 245 Å². The van der Waals surface area contributed by atoms with E-state index in [1.54, 1.807) is 0 Å². The van der Waals surface area contributed by atoms with Crippen LogP contribution < -0.4 is 0 Å². The lowest BCUT2D eigenvalue weighted by atomic mass is 10.0. The highest BCUT2D eigenvalue weighted by molar-refractivity contribution is 5.71. The quantitative estimate of drug-likeness (QED) is 0.0261. The second-order valence-electron chi connectivity index (χ2n) is 19.9. The van der Waals surface area contributed by atoms with Crippen molar-refractivity contribution in [2.24, 2.45) is 0 Å². The summed E-state index contributed by atoms with van der Waals surface area (Å²) in [7, 11) is 0. The van der Waals surface area contributed by atoms with Crippen LogP contribution in [0, 0.1) is 0 Å². The van der Waals surface area contributed by atoms with Gasteiger partial charge < -0.3 is 14.2 Å². The maximum atomic E-state index is 12.8. The largest absolute Gasteiger partial charge is 0.462 e. The van der Waals surface area contributed by atoms with Crippen LogP contribution in [-0.2, 0) is 28.6 Å². The SMILES string of the molecule is CC/C=C\C/C=C\C/C=C\C/C=C\C/C=C\C/C=C\C/C=C\C/C=C\CCCCCCC(=O)OCC(COC(=O)CCCCCCCCCCCCCC)OC(=O)CC/C=C\C/C=C\C/C=C\C/C=C\C/C=C\C/C=C\CC. The second kappa shape index (κ2) is 64.3. The highest BCUT2D eigenvalue weighted by Crippen LogP contribution is 2.14. The van der Waals surface area contributed by atoms with E-state index in [-0.39, 0.29) is 31.6 Å². The smallest absolute Gasteiger partial charge is 0.306 e. The summed E-state index contributed by atoms with van der Waals surface area (Å²) in [4.78, 5) is 38.2. The van der Waals surface area contributed by atoms with Crippen LogP contribution >= 0.6 is 0 Å². The lowest BCUT2D eigenvalue weighted by Gasteiger charge is -2.18. The molecule has 0 fully saturated rings. The molecule has 0 aliphatic rings. The maximum absolute atomic E-state index is 12.8. The van der Waals surface area contributed by atoms with Crippen LogP contribution in [0.4, 0.5) is 0 Å². The number of esters is 3. The molecule has 0 N–H and O–H groups in total. The zero-order valence-corrected chi connectivity index (χ0v) is 49.9. The van der Waals surface area contributed by atoms with Gasteiger partial charge in [-0.15, -0.1) is 0 Å². The van der Waals surface area contributed by atoms with Crippen molar-refractivity contribution in [3.8, 4) is 0 Å². The van der Waals surface area contributed by atoms with Crippen molar-refractivity contribution >= 4 is 17.9 Å². The first-order valence-corrected chi connectivity index (χ1v) is 31.1. The Balaban J connectivity index is 4.49. The maximum Gasteiger partial charge on any atom is 0.306 e. The predicted octanol–water partition coefficient (Wildman–Crippen LogP) is 21.5. The van der Waals surface area contributed by atoms with Gasteiger partial charge in [0.2, 0.25) is 0 Å². The van der Waals surface area contributed by atoms with Crippen molar-refractivity contribution in [1.29, 1.82) is 0 Å². The van der Waals surface area contributed by atoms with Crippen LogP contribution in [0.2, 0.25) is 0 Å². The van der Waals surface area contributed by atoms with Gasteiger partial charge in [0.05, 0.1) is 0 Å². The highest BCUT2D eigenvalue weighted by atomic mass is 16.6. The molecule has 0 rings (SSSR count). The van der Waals surface area contributed by atoms with E-state index in [4.69, 9.17) is 14.2 Å². The van der Waals surface area contributed by atoms with Crippen molar-refractivity contribution in [2.45, 2.75) is 252 Å². The van der Waals surface area contributed by atoms with Crippen LogP contribution in [0.25, 0.3) is 0 Å². The normalized spacial score (nSPS) is 13.3. The van der Waals surface area contributed by atoms with E-state index in [1.165, 1.54) is 57.8 Å². The van der Waals surface area contributed by atoms with Gasteiger partial charge >= 0.3 is 17.9 Å². The molecule has 0 spiro atoms. The summed E-state index contributed by atoms with van der Waals surface area (Å²) in [6.07, 6.45) is 95.1. The molecule has 0 saturated heterocycles. The number of rotatable bonds is 54. The Kier molecular flexibility index (Phi) is 60.0. The molecule has 78 heavy (non-hydrogen) atoms. The fourth-order valence-corrected chi connectivity index (χ4v) is 7.89. The first-order chi connectivity index (χ1) is 38.5. The zero-order chi connectivity index (χ0) is 56.4. The first-order valence-electron chi connectivity index (χ1n) is 31.1. The highest BCUT2D eigenvalue weighted by Gasteiger charge is 2.19. The number of allylic oxidation sites excluding steroid dienone is 28. The summed E-state index contributed by atoms with van der Waals surface area (Å²) in [5.41, 5.74) is 0.